The molecule has 0 bridgehead atoms. The lowest BCUT2D eigenvalue weighted by Gasteiger charge is -2.27. The normalized spacial score (nSPS) is 11.4. The van der Waals surface area contributed by atoms with Gasteiger partial charge in [-0.15, -0.1) is 0 Å². The summed E-state index contributed by atoms with van der Waals surface area (Å²) in [6, 6.07) is 6.40. The lowest BCUT2D eigenvalue weighted by Crippen LogP contribution is -2.38. The first-order valence-electron chi connectivity index (χ1n) is 10.4. The number of carbonyl (C=O) groups excluding carboxylic acids is 2. The van der Waals surface area contributed by atoms with E-state index in [-0.39, 0.29) is 37.2 Å². The maximum atomic E-state index is 13.0. The van der Waals surface area contributed by atoms with E-state index in [1.165, 1.54) is 4.90 Å². The van der Waals surface area contributed by atoms with Crippen LogP contribution in [0.25, 0.3) is 11.0 Å². The molecule has 0 saturated heterocycles. The fourth-order valence-corrected chi connectivity index (χ4v) is 3.29. The number of benzene rings is 1. The molecule has 0 aliphatic rings. The van der Waals surface area contributed by atoms with Gasteiger partial charge in [0.1, 0.15) is 17.1 Å². The van der Waals surface area contributed by atoms with Gasteiger partial charge in [0.25, 0.3) is 0 Å². The molecule has 33 heavy (non-hydrogen) atoms. The van der Waals surface area contributed by atoms with Crippen molar-refractivity contribution in [3.8, 4) is 5.88 Å². The molecular formula is C22H28N6O5. The average molecular weight is 457 g/mol. The van der Waals surface area contributed by atoms with Crippen LogP contribution >= 0.6 is 0 Å². The van der Waals surface area contributed by atoms with E-state index >= 15 is 0 Å². The van der Waals surface area contributed by atoms with E-state index < -0.39 is 17.7 Å². The Morgan fingerprint density at radius 3 is 2.42 bits per heavy atom. The van der Waals surface area contributed by atoms with E-state index in [0.717, 1.165) is 0 Å². The van der Waals surface area contributed by atoms with Crippen LogP contribution in [0.4, 0.5) is 22.2 Å². The molecule has 6 N–H and O–H groups in total. The largest absolute Gasteiger partial charge is 0.494 e. The number of fused-ring (bicyclic) bond motifs is 1. The summed E-state index contributed by atoms with van der Waals surface area (Å²) in [5, 5.41) is 10.8. The highest BCUT2D eigenvalue weighted by Gasteiger charge is 2.25. The molecule has 1 aromatic carbocycles. The average Bonchev–Trinajstić information content (AvgIpc) is 3.02. The maximum absolute atomic E-state index is 13.0. The van der Waals surface area contributed by atoms with Gasteiger partial charge in [0, 0.05) is 17.8 Å². The molecule has 0 fully saturated rings. The van der Waals surface area contributed by atoms with Crippen LogP contribution in [0.2, 0.25) is 0 Å². The highest BCUT2D eigenvalue weighted by molar-refractivity contribution is 5.94. The maximum Gasteiger partial charge on any atom is 0.414 e. The molecule has 176 valence electrons. The van der Waals surface area contributed by atoms with Gasteiger partial charge in [-0.3, -0.25) is 4.90 Å². The second-order valence-electron chi connectivity index (χ2n) is 8.29. The van der Waals surface area contributed by atoms with Gasteiger partial charge < -0.3 is 31.0 Å². The Kier molecular flexibility index (Phi) is 6.61. The van der Waals surface area contributed by atoms with Gasteiger partial charge in [0.2, 0.25) is 5.95 Å². The number of aromatic nitrogens is 3. The van der Waals surface area contributed by atoms with Crippen LogP contribution in [-0.2, 0) is 15.9 Å². The van der Waals surface area contributed by atoms with E-state index in [4.69, 9.17) is 20.9 Å². The number of hydrogen-bond donors (Lipinski definition) is 4. The molecule has 0 radical (unpaired) electrons. The Morgan fingerprint density at radius 2 is 1.82 bits per heavy atom. The molecule has 3 aromatic rings. The molecule has 2 heterocycles. The van der Waals surface area contributed by atoms with Crippen LogP contribution < -0.4 is 16.4 Å². The summed E-state index contributed by atoms with van der Waals surface area (Å²) in [5.41, 5.74) is 12.5. The molecule has 1 amide bonds. The number of hydrogen-bond acceptors (Lipinski definition) is 9. The summed E-state index contributed by atoms with van der Waals surface area (Å²) in [7, 11) is 0. The number of nitrogens with zero attached hydrogens (tertiary/aromatic N) is 3. The van der Waals surface area contributed by atoms with Crippen molar-refractivity contribution in [2.75, 3.05) is 29.5 Å². The van der Waals surface area contributed by atoms with Crippen molar-refractivity contribution < 1.29 is 24.2 Å². The fourth-order valence-electron chi connectivity index (χ4n) is 3.29. The van der Waals surface area contributed by atoms with E-state index in [1.54, 1.807) is 52.0 Å². The standard InChI is InChI=1S/C22H28N6O5/c1-5-32-19(30)12-6-8-13(9-7-12)28(21(31)33-22(2,3)4)11-10-14-15-16(23)25-20(24)27-17(15)26-18(14)29/h6-9,29H,5,10-11H2,1-4H3,(H5,23,24,25,26,27). The summed E-state index contributed by atoms with van der Waals surface area (Å²) in [4.78, 5) is 37.1. The first kappa shape index (κ1) is 23.6. The summed E-state index contributed by atoms with van der Waals surface area (Å²) in [6.45, 7) is 7.42. The molecule has 2 aromatic heterocycles. The first-order valence-corrected chi connectivity index (χ1v) is 10.4. The summed E-state index contributed by atoms with van der Waals surface area (Å²) in [6.07, 6.45) is -0.374. The molecule has 3 rings (SSSR count). The van der Waals surface area contributed by atoms with Crippen LogP contribution in [0.1, 0.15) is 43.6 Å². The lowest BCUT2D eigenvalue weighted by molar-refractivity contribution is 0.0525. The van der Waals surface area contributed by atoms with Gasteiger partial charge in [-0.25, -0.2) is 9.59 Å². The Morgan fingerprint density at radius 1 is 1.15 bits per heavy atom. The van der Waals surface area contributed by atoms with Crippen LogP contribution in [0, 0.1) is 0 Å². The predicted octanol–water partition coefficient (Wildman–Crippen LogP) is 2.99. The van der Waals surface area contributed by atoms with Crippen LogP contribution in [-0.4, -0.2) is 50.9 Å². The second-order valence-corrected chi connectivity index (χ2v) is 8.29. The van der Waals surface area contributed by atoms with Crippen LogP contribution in [0.15, 0.2) is 24.3 Å². The third kappa shape index (κ3) is 5.43. The van der Waals surface area contributed by atoms with E-state index in [1.807, 2.05) is 0 Å². The number of nitrogen functional groups attached to an aromatic ring is 2. The van der Waals surface area contributed by atoms with Gasteiger partial charge in [-0.1, -0.05) is 0 Å². The third-order valence-electron chi connectivity index (χ3n) is 4.67. The second kappa shape index (κ2) is 9.23. The molecule has 0 spiro atoms. The summed E-state index contributed by atoms with van der Waals surface area (Å²) >= 11 is 0. The molecule has 11 heteroatoms. The molecule has 11 nitrogen and oxygen atoms in total. The number of rotatable bonds is 6. The fraction of sp³-hybridized carbons (Fsp3) is 0.364. The molecule has 0 unspecified atom stereocenters. The van der Waals surface area contributed by atoms with Gasteiger partial charge >= 0.3 is 12.1 Å². The third-order valence-corrected chi connectivity index (χ3v) is 4.67. The van der Waals surface area contributed by atoms with E-state index in [2.05, 4.69) is 15.0 Å². The highest BCUT2D eigenvalue weighted by Crippen LogP contribution is 2.31. The zero-order chi connectivity index (χ0) is 24.3. The highest BCUT2D eigenvalue weighted by atomic mass is 16.6. The smallest absolute Gasteiger partial charge is 0.414 e. The molecular weight excluding hydrogens is 428 g/mol. The number of H-pyrrole nitrogens is 1. The molecule has 0 saturated carbocycles. The number of amides is 1. The van der Waals surface area contributed by atoms with Crippen molar-refractivity contribution in [3.63, 3.8) is 0 Å². The number of anilines is 3. The minimum absolute atomic E-state index is 0.0233. The Hall–Kier alpha value is -4.02. The molecule has 0 aliphatic heterocycles. The number of esters is 1. The Bertz CT molecular complexity index is 1170. The number of nitrogens with two attached hydrogens (primary N) is 2. The van der Waals surface area contributed by atoms with Gasteiger partial charge in [0.05, 0.1) is 17.6 Å². The topological polar surface area (TPSA) is 170 Å². The first-order chi connectivity index (χ1) is 15.5. The number of carbonyl (C=O) groups is 2. The minimum Gasteiger partial charge on any atom is -0.494 e. The number of ether oxygens (including phenoxy) is 2. The zero-order valence-corrected chi connectivity index (χ0v) is 19.0. The number of aromatic amines is 1. The number of nitrogens with one attached hydrogen (secondary N) is 1. The van der Waals surface area contributed by atoms with E-state index in [0.29, 0.717) is 27.8 Å². The van der Waals surface area contributed by atoms with Crippen molar-refractivity contribution in [1.29, 1.82) is 0 Å². The van der Waals surface area contributed by atoms with Crippen molar-refractivity contribution in [2.24, 2.45) is 0 Å². The molecule has 0 atom stereocenters. The van der Waals surface area contributed by atoms with Crippen molar-refractivity contribution in [1.82, 2.24) is 15.0 Å². The van der Waals surface area contributed by atoms with E-state index in [9.17, 15) is 14.7 Å². The zero-order valence-electron chi connectivity index (χ0n) is 19.0. The van der Waals surface area contributed by atoms with Crippen molar-refractivity contribution in [2.45, 2.75) is 39.7 Å². The quantitative estimate of drug-likeness (QED) is 0.407. The SMILES string of the molecule is CCOC(=O)c1ccc(N(CCc2c(O)[nH]c3nc(N)nc(N)c23)C(=O)OC(C)(C)C)cc1. The van der Waals surface area contributed by atoms with Crippen LogP contribution in [0.5, 0.6) is 5.88 Å². The van der Waals surface area contributed by atoms with Gasteiger partial charge in [-0.05, 0) is 58.4 Å². The predicted molar refractivity (Wildman–Crippen MR) is 124 cm³/mol. The van der Waals surface area contributed by atoms with Gasteiger partial charge in [-0.2, -0.15) is 9.97 Å². The summed E-state index contributed by atoms with van der Waals surface area (Å²) in [5.74, 6) is -0.499. The number of aromatic hydroxyl groups is 1. The van der Waals surface area contributed by atoms with Crippen molar-refractivity contribution >= 4 is 40.5 Å². The summed E-state index contributed by atoms with van der Waals surface area (Å²) < 4.78 is 10.6. The molecule has 0 aliphatic carbocycles. The lowest BCUT2D eigenvalue weighted by atomic mass is 10.1. The van der Waals surface area contributed by atoms with Crippen molar-refractivity contribution in [3.05, 3.63) is 35.4 Å². The Labute approximate surface area is 190 Å². The monoisotopic (exact) mass is 456 g/mol. The van der Waals surface area contributed by atoms with Gasteiger partial charge in [0.15, 0.2) is 5.88 Å². The van der Waals surface area contributed by atoms with Crippen LogP contribution in [0.3, 0.4) is 0 Å². The Balaban J connectivity index is 1.91. The minimum atomic E-state index is -0.723.